The van der Waals surface area contributed by atoms with Gasteiger partial charge in [0.25, 0.3) is 0 Å². The molecule has 0 aliphatic heterocycles. The van der Waals surface area contributed by atoms with Crippen molar-refractivity contribution >= 4 is 22.6 Å². The Morgan fingerprint density at radius 1 is 0.712 bits per heavy atom. The molecule has 0 saturated heterocycles. The minimum atomic E-state index is -1.97. The number of allylic oxidation sites excluding steroid dienone is 9. The smallest absolute Gasteiger partial charge is 0.305 e. The highest BCUT2D eigenvalue weighted by Crippen LogP contribution is 2.39. The molecule has 0 aliphatic carbocycles. The Kier molecular flexibility index (Phi) is 21.6. The van der Waals surface area contributed by atoms with Crippen LogP contribution < -0.4 is 4.74 Å². The second-order valence-electron chi connectivity index (χ2n) is 16.5. The summed E-state index contributed by atoms with van der Waals surface area (Å²) < 4.78 is 29.6. The first kappa shape index (κ1) is 47.3. The van der Waals surface area contributed by atoms with E-state index in [1.54, 1.807) is 7.11 Å². The maximum atomic E-state index is 11.5. The third-order valence-electron chi connectivity index (χ3n) is 9.97. The SMILES string of the molecule is COC(=O)CC/C=C/[C@H](C/C=C/C=C/C=C/CC/C=C/C=C/[C@@H](O[Si](C)(C)C(C)(C)C)[C@@H](C)COCc1ccc(OC)cc1)O[Si](C)(C)C(C)(C)C. The van der Waals surface area contributed by atoms with Crippen LogP contribution in [0.25, 0.3) is 0 Å². The lowest BCUT2D eigenvalue weighted by Gasteiger charge is -2.40. The third kappa shape index (κ3) is 19.4. The van der Waals surface area contributed by atoms with Gasteiger partial charge in [-0.05, 0) is 79.6 Å². The van der Waals surface area contributed by atoms with E-state index in [9.17, 15) is 4.79 Å². The molecular weight excluding hydrogens is 681 g/mol. The maximum absolute atomic E-state index is 11.5. The van der Waals surface area contributed by atoms with Crippen LogP contribution in [0.2, 0.25) is 36.3 Å². The quantitative estimate of drug-likeness (QED) is 0.0365. The highest BCUT2D eigenvalue weighted by Gasteiger charge is 2.40. The Bertz CT molecular complexity index is 1320. The lowest BCUT2D eigenvalue weighted by atomic mass is 10.1. The van der Waals surface area contributed by atoms with Crippen LogP contribution in [0.4, 0.5) is 0 Å². The highest BCUT2D eigenvalue weighted by atomic mass is 28.4. The van der Waals surface area contributed by atoms with Crippen molar-refractivity contribution in [1.82, 2.24) is 0 Å². The van der Waals surface area contributed by atoms with Gasteiger partial charge in [0.15, 0.2) is 16.6 Å². The lowest BCUT2D eigenvalue weighted by Crippen LogP contribution is -2.45. The number of methoxy groups -OCH3 is 2. The van der Waals surface area contributed by atoms with Gasteiger partial charge in [0, 0.05) is 12.3 Å². The fourth-order valence-electron chi connectivity index (χ4n) is 4.45. The summed E-state index contributed by atoms with van der Waals surface area (Å²) in [6.45, 7) is 26.1. The normalized spacial score (nSPS) is 15.6. The molecule has 0 amide bonds. The summed E-state index contributed by atoms with van der Waals surface area (Å²) in [5, 5.41) is 0.251. The van der Waals surface area contributed by atoms with Crippen LogP contribution in [0.1, 0.15) is 86.1 Å². The first-order valence-electron chi connectivity index (χ1n) is 18.9. The van der Waals surface area contributed by atoms with Gasteiger partial charge in [0.05, 0.1) is 39.6 Å². The van der Waals surface area contributed by atoms with Crippen molar-refractivity contribution in [1.29, 1.82) is 0 Å². The molecule has 8 heteroatoms. The Morgan fingerprint density at radius 2 is 1.27 bits per heavy atom. The molecule has 0 aliphatic rings. The van der Waals surface area contributed by atoms with Crippen molar-refractivity contribution in [3.8, 4) is 5.75 Å². The van der Waals surface area contributed by atoms with Crippen molar-refractivity contribution < 1.29 is 27.9 Å². The van der Waals surface area contributed by atoms with Crippen LogP contribution in [0.3, 0.4) is 0 Å². The molecule has 0 spiro atoms. The maximum Gasteiger partial charge on any atom is 0.305 e. The molecule has 0 heterocycles. The van der Waals surface area contributed by atoms with Gasteiger partial charge in [-0.2, -0.15) is 0 Å². The lowest BCUT2D eigenvalue weighted by molar-refractivity contribution is -0.140. The number of carbonyl (C=O) groups excluding carboxylic acids is 1. The van der Waals surface area contributed by atoms with Gasteiger partial charge in [-0.15, -0.1) is 0 Å². The van der Waals surface area contributed by atoms with Crippen LogP contribution in [0.15, 0.2) is 97.2 Å². The molecular formula is C44H72O6Si2. The van der Waals surface area contributed by atoms with E-state index in [0.717, 1.165) is 30.6 Å². The Hall–Kier alpha value is -2.76. The zero-order valence-corrected chi connectivity index (χ0v) is 36.9. The largest absolute Gasteiger partial charge is 0.497 e. The summed E-state index contributed by atoms with van der Waals surface area (Å²) in [5.74, 6) is 0.872. The summed E-state index contributed by atoms with van der Waals surface area (Å²) in [4.78, 5) is 11.5. The highest BCUT2D eigenvalue weighted by molar-refractivity contribution is 6.74. The van der Waals surface area contributed by atoms with E-state index in [1.807, 2.05) is 30.3 Å². The monoisotopic (exact) mass is 752 g/mol. The average molecular weight is 753 g/mol. The van der Waals surface area contributed by atoms with Crippen molar-refractivity contribution in [2.75, 3.05) is 20.8 Å². The van der Waals surface area contributed by atoms with Crippen LogP contribution in [0.5, 0.6) is 5.75 Å². The van der Waals surface area contributed by atoms with Gasteiger partial charge < -0.3 is 23.1 Å². The number of unbranched alkanes of at least 4 members (excludes halogenated alkanes) is 1. The topological polar surface area (TPSA) is 63.2 Å². The molecule has 0 aromatic heterocycles. The first-order chi connectivity index (χ1) is 24.3. The molecule has 0 bridgehead atoms. The molecule has 6 nitrogen and oxygen atoms in total. The zero-order valence-electron chi connectivity index (χ0n) is 34.9. The van der Waals surface area contributed by atoms with Crippen LogP contribution >= 0.6 is 0 Å². The van der Waals surface area contributed by atoms with Gasteiger partial charge in [-0.25, -0.2) is 0 Å². The molecule has 0 N–H and O–H groups in total. The molecule has 1 aromatic rings. The number of hydrogen-bond acceptors (Lipinski definition) is 6. The predicted molar refractivity (Wildman–Crippen MR) is 226 cm³/mol. The minimum absolute atomic E-state index is 0.0176. The zero-order chi connectivity index (χ0) is 39.3. The van der Waals surface area contributed by atoms with E-state index in [1.165, 1.54) is 7.11 Å². The van der Waals surface area contributed by atoms with E-state index in [-0.39, 0.29) is 34.2 Å². The van der Waals surface area contributed by atoms with Crippen LogP contribution in [-0.2, 0) is 29.7 Å². The van der Waals surface area contributed by atoms with E-state index in [2.05, 4.69) is 141 Å². The number of benzene rings is 1. The summed E-state index contributed by atoms with van der Waals surface area (Å²) >= 11 is 0. The third-order valence-corrected chi connectivity index (χ3v) is 19.0. The second kappa shape index (κ2) is 23.8. The van der Waals surface area contributed by atoms with Crippen LogP contribution in [0, 0.1) is 5.92 Å². The fraction of sp³-hybridized carbons (Fsp3) is 0.568. The minimum Gasteiger partial charge on any atom is -0.497 e. The van der Waals surface area contributed by atoms with Gasteiger partial charge in [-0.3, -0.25) is 4.79 Å². The molecule has 3 atom stereocenters. The van der Waals surface area contributed by atoms with Gasteiger partial charge in [-0.1, -0.05) is 134 Å². The second-order valence-corrected chi connectivity index (χ2v) is 26.0. The van der Waals surface area contributed by atoms with Crippen molar-refractivity contribution in [2.45, 2.75) is 136 Å². The number of ether oxygens (including phenoxy) is 3. The van der Waals surface area contributed by atoms with E-state index in [4.69, 9.17) is 23.1 Å². The number of rotatable bonds is 23. The number of carbonyl (C=O) groups is 1. The molecule has 292 valence electrons. The summed E-state index contributed by atoms with van der Waals surface area (Å²) in [6.07, 6.45) is 29.2. The predicted octanol–water partition coefficient (Wildman–Crippen LogP) is 12.1. The first-order valence-corrected chi connectivity index (χ1v) is 24.8. The van der Waals surface area contributed by atoms with Crippen molar-refractivity contribution in [3.63, 3.8) is 0 Å². The molecule has 0 fully saturated rings. The summed E-state index contributed by atoms with van der Waals surface area (Å²) in [7, 11) is -0.800. The molecule has 0 unspecified atom stereocenters. The Balaban J connectivity index is 2.66. The number of hydrogen-bond donors (Lipinski definition) is 0. The standard InChI is InChI=1S/C44H72O6Si2/c1-37(35-48-36-38-31-33-39(46-8)34-32-38)41(50-52(12,13)44(5,6)7)29-24-22-20-18-16-14-15-17-19-21-23-27-40(28-25-26-30-42(45)47-9)49-51(10,11)43(2,3)4/h14-15,17,19-25,28-29,31-34,37,40-41H,16,18,26-27,30,35-36H2,1-13H3/b15-14+,19-17+,22-20+,23-21+,28-25+,29-24+/t37-,40-,41+/m0/s1. The Labute approximate surface area is 320 Å². The van der Waals surface area contributed by atoms with Crippen LogP contribution in [-0.4, -0.2) is 55.6 Å². The van der Waals surface area contributed by atoms with E-state index in [0.29, 0.717) is 26.1 Å². The fourth-order valence-corrected chi connectivity index (χ4v) is 7.08. The van der Waals surface area contributed by atoms with Gasteiger partial charge in [0.1, 0.15) is 5.75 Å². The summed E-state index contributed by atoms with van der Waals surface area (Å²) in [6, 6.07) is 8.02. The molecule has 1 aromatic carbocycles. The average Bonchev–Trinajstić information content (AvgIpc) is 3.06. The van der Waals surface area contributed by atoms with Crippen molar-refractivity contribution in [2.24, 2.45) is 5.92 Å². The van der Waals surface area contributed by atoms with E-state index < -0.39 is 16.6 Å². The van der Waals surface area contributed by atoms with Gasteiger partial charge >= 0.3 is 5.97 Å². The van der Waals surface area contributed by atoms with Gasteiger partial charge in [0.2, 0.25) is 0 Å². The molecule has 1 rings (SSSR count). The molecule has 52 heavy (non-hydrogen) atoms. The van der Waals surface area contributed by atoms with E-state index >= 15 is 0 Å². The Morgan fingerprint density at radius 3 is 1.83 bits per heavy atom. The molecule has 0 saturated carbocycles. The summed E-state index contributed by atoms with van der Waals surface area (Å²) in [5.41, 5.74) is 1.13. The number of esters is 1. The molecule has 0 radical (unpaired) electrons. The van der Waals surface area contributed by atoms with Crippen molar-refractivity contribution in [3.05, 3.63) is 103 Å².